The van der Waals surface area contributed by atoms with E-state index in [1.807, 2.05) is 50.2 Å². The van der Waals surface area contributed by atoms with Crippen LogP contribution in [0.5, 0.6) is 17.2 Å². The first kappa shape index (κ1) is 43.0. The van der Waals surface area contributed by atoms with Gasteiger partial charge in [0.05, 0.1) is 29.4 Å². The molecule has 2 saturated heterocycles. The van der Waals surface area contributed by atoms with Crippen molar-refractivity contribution in [1.82, 2.24) is 9.80 Å². The number of β-amino-alcohol motifs (C(OH)–C–C–N with tert-alkyl or cyclic N) is 2. The molecule has 58 heavy (non-hydrogen) atoms. The van der Waals surface area contributed by atoms with Gasteiger partial charge >= 0.3 is 0 Å². The van der Waals surface area contributed by atoms with Gasteiger partial charge in [-0.25, -0.2) is 0 Å². The highest BCUT2D eigenvalue weighted by Crippen LogP contribution is 2.44. The van der Waals surface area contributed by atoms with Gasteiger partial charge in [-0.2, -0.15) is 0 Å². The van der Waals surface area contributed by atoms with Gasteiger partial charge in [-0.3, -0.25) is 9.59 Å². The zero-order valence-electron chi connectivity index (χ0n) is 32.4. The van der Waals surface area contributed by atoms with E-state index in [0.717, 1.165) is 36.7 Å². The Morgan fingerprint density at radius 2 is 1.16 bits per heavy atom. The lowest BCUT2D eigenvalue weighted by atomic mass is 9.83. The maximum atomic E-state index is 13.1. The van der Waals surface area contributed by atoms with Crippen molar-refractivity contribution in [3.8, 4) is 39.9 Å². The molecule has 6 aromatic rings. The van der Waals surface area contributed by atoms with Crippen LogP contribution in [0.3, 0.4) is 0 Å². The van der Waals surface area contributed by atoms with Crippen LogP contribution in [0, 0.1) is 6.92 Å². The van der Waals surface area contributed by atoms with Crippen molar-refractivity contribution in [1.29, 1.82) is 0 Å². The van der Waals surface area contributed by atoms with Crippen molar-refractivity contribution >= 4 is 57.5 Å². The van der Waals surface area contributed by atoms with Gasteiger partial charge in [0.1, 0.15) is 50.7 Å². The van der Waals surface area contributed by atoms with Crippen LogP contribution in [-0.4, -0.2) is 89.8 Å². The number of fused-ring (bicyclic) bond motifs is 2. The molecule has 0 amide bonds. The van der Waals surface area contributed by atoms with Crippen LogP contribution >= 0.6 is 35.6 Å². The molecule has 8 rings (SSSR count). The molecule has 0 saturated carbocycles. The fourth-order valence-corrected chi connectivity index (χ4v) is 8.64. The number of aliphatic hydroxyl groups is 2. The number of rotatable bonds is 5. The molecule has 0 bridgehead atoms. The summed E-state index contributed by atoms with van der Waals surface area (Å²) in [5, 5.41) is 43.5. The molecule has 11 nitrogen and oxygen atoms in total. The molecule has 306 valence electrons. The molecule has 2 aliphatic rings. The van der Waals surface area contributed by atoms with Crippen LogP contribution in [0.2, 0.25) is 10.0 Å². The number of aromatic hydroxyl groups is 2. The van der Waals surface area contributed by atoms with Crippen molar-refractivity contribution in [2.45, 2.75) is 43.8 Å². The molecule has 2 aliphatic heterocycles. The molecule has 4 aromatic carbocycles. The third kappa shape index (κ3) is 8.31. The van der Waals surface area contributed by atoms with E-state index in [-0.39, 0.29) is 52.0 Å². The minimum Gasteiger partial charge on any atom is -0.507 e. The highest BCUT2D eigenvalue weighted by Gasteiger charge is 2.34. The van der Waals surface area contributed by atoms with Gasteiger partial charge in [-0.15, -0.1) is 12.4 Å². The quantitative estimate of drug-likeness (QED) is 0.134. The van der Waals surface area contributed by atoms with E-state index in [1.54, 1.807) is 37.4 Å². The summed E-state index contributed by atoms with van der Waals surface area (Å²) < 4.78 is 17.8. The van der Waals surface area contributed by atoms with Crippen molar-refractivity contribution in [3.05, 3.63) is 120 Å². The first-order chi connectivity index (χ1) is 27.3. The molecule has 2 aromatic heterocycles. The van der Waals surface area contributed by atoms with E-state index in [9.17, 15) is 30.0 Å². The standard InChI is InChI=1S/C23H24ClNO4.C21H20ClNO5.ClH/c1-13-10-20(28-3)22-17(26)11-19(14-6-4-5-7-16(14)24)29-23(22)21(13)15-8-9-25(2)12-18(15)27;1-23-7-6-12(17(27)10-23)19-14(24)8-15(25)20-16(26)9-18(28-21(19)20)11-4-2-3-5-13(11)22;/h4-7,10-11,15,18,27H,8-9,12H2,1-3H3;2-5,8-9,12,17,24-25,27H,6-7,10H2,1H3;1H/t15?,18-;12?,17-;/m11./s1. The van der Waals surface area contributed by atoms with E-state index >= 15 is 0 Å². The lowest BCUT2D eigenvalue weighted by Crippen LogP contribution is -2.40. The summed E-state index contributed by atoms with van der Waals surface area (Å²) in [4.78, 5) is 30.0. The number of likely N-dealkylation sites (N-methyl/N-ethyl adjacent to an activating group) is 2. The van der Waals surface area contributed by atoms with E-state index in [0.29, 0.717) is 68.7 Å². The Morgan fingerprint density at radius 3 is 1.64 bits per heavy atom. The van der Waals surface area contributed by atoms with Crippen LogP contribution in [0.15, 0.2) is 91.2 Å². The molecule has 4 heterocycles. The van der Waals surface area contributed by atoms with Crippen molar-refractivity contribution in [3.63, 3.8) is 0 Å². The number of ether oxygens (including phenoxy) is 1. The number of nitrogens with zero attached hydrogens (tertiary/aromatic N) is 2. The lowest BCUT2D eigenvalue weighted by Gasteiger charge is -2.35. The Bertz CT molecular complexity index is 2590. The Morgan fingerprint density at radius 1 is 0.690 bits per heavy atom. The van der Waals surface area contributed by atoms with Crippen LogP contribution in [0.1, 0.15) is 41.4 Å². The molecular formula is C44H45Cl3N2O9. The summed E-state index contributed by atoms with van der Waals surface area (Å²) in [5.41, 5.74) is 3.23. The third-order valence-electron chi connectivity index (χ3n) is 11.0. The van der Waals surface area contributed by atoms with Crippen molar-refractivity contribution in [2.24, 2.45) is 0 Å². The molecule has 2 fully saturated rings. The number of hydrogen-bond acceptors (Lipinski definition) is 11. The summed E-state index contributed by atoms with van der Waals surface area (Å²) >= 11 is 12.6. The van der Waals surface area contributed by atoms with Gasteiger partial charge < -0.3 is 43.8 Å². The average Bonchev–Trinajstić information content (AvgIpc) is 3.16. The number of aliphatic hydroxyl groups excluding tert-OH is 2. The zero-order valence-corrected chi connectivity index (χ0v) is 34.7. The second-order valence-electron chi connectivity index (χ2n) is 14.9. The highest BCUT2D eigenvalue weighted by atomic mass is 35.5. The first-order valence-corrected chi connectivity index (χ1v) is 19.4. The van der Waals surface area contributed by atoms with Crippen LogP contribution in [-0.2, 0) is 0 Å². The Kier molecular flexibility index (Phi) is 13.1. The number of phenolic OH excluding ortho intramolecular Hbond substituents is 2. The Hall–Kier alpha value is -4.59. The molecule has 2 unspecified atom stereocenters. The number of halogens is 3. The minimum atomic E-state index is -0.744. The summed E-state index contributed by atoms with van der Waals surface area (Å²) in [7, 11) is 5.44. The fourth-order valence-electron chi connectivity index (χ4n) is 8.18. The number of hydrogen-bond donors (Lipinski definition) is 4. The minimum absolute atomic E-state index is 0. The molecule has 0 radical (unpaired) electrons. The Balaban J connectivity index is 0.000000192. The number of phenols is 2. The van der Waals surface area contributed by atoms with E-state index in [2.05, 4.69) is 4.90 Å². The monoisotopic (exact) mass is 850 g/mol. The summed E-state index contributed by atoms with van der Waals surface area (Å²) in [6, 6.07) is 19.9. The van der Waals surface area contributed by atoms with Gasteiger partial charge in [-0.05, 0) is 82.8 Å². The fraction of sp³-hybridized carbons (Fsp3) is 0.318. The maximum Gasteiger partial charge on any atom is 0.197 e. The van der Waals surface area contributed by atoms with Gasteiger partial charge in [0.25, 0.3) is 0 Å². The van der Waals surface area contributed by atoms with Crippen LogP contribution in [0.25, 0.3) is 44.6 Å². The second-order valence-corrected chi connectivity index (χ2v) is 15.7. The normalized spacial score (nSPS) is 20.0. The SMILES string of the molecule is CN1CCC(c2c(O)cc(O)c3c(=O)cc(-c4ccccc4Cl)oc23)[C@H](O)C1.COc1cc(C)c(C2CCN(C)C[C@H]2O)c2oc(-c3ccccc3Cl)cc(=O)c12.Cl. The van der Waals surface area contributed by atoms with Crippen molar-refractivity contribution < 1.29 is 34.0 Å². The average molecular weight is 852 g/mol. The molecule has 14 heteroatoms. The molecular weight excluding hydrogens is 807 g/mol. The number of piperidine rings is 2. The van der Waals surface area contributed by atoms with Crippen LogP contribution < -0.4 is 15.6 Å². The van der Waals surface area contributed by atoms with Crippen LogP contribution in [0.4, 0.5) is 0 Å². The number of likely N-dealkylation sites (tertiary alicyclic amines) is 2. The molecule has 0 aliphatic carbocycles. The second kappa shape index (κ2) is 17.7. The number of methoxy groups -OCH3 is 1. The summed E-state index contributed by atoms with van der Waals surface area (Å²) in [6.45, 7) is 4.55. The van der Waals surface area contributed by atoms with Gasteiger partial charge in [0.15, 0.2) is 10.9 Å². The van der Waals surface area contributed by atoms with E-state index in [4.69, 9.17) is 36.8 Å². The molecule has 4 N–H and O–H groups in total. The number of aryl methyl sites for hydroxylation is 1. The molecule has 0 spiro atoms. The predicted octanol–water partition coefficient (Wildman–Crippen LogP) is 7.94. The van der Waals surface area contributed by atoms with Gasteiger partial charge in [0, 0.05) is 65.4 Å². The smallest absolute Gasteiger partial charge is 0.197 e. The Labute approximate surface area is 351 Å². The van der Waals surface area contributed by atoms with E-state index in [1.165, 1.54) is 12.1 Å². The summed E-state index contributed by atoms with van der Waals surface area (Å²) in [6.07, 6.45) is 0.0652. The summed E-state index contributed by atoms with van der Waals surface area (Å²) in [5.74, 6) is -0.00584. The number of benzene rings is 4. The lowest BCUT2D eigenvalue weighted by molar-refractivity contribution is 0.0630. The van der Waals surface area contributed by atoms with Gasteiger partial charge in [0.2, 0.25) is 0 Å². The molecule has 4 atom stereocenters. The largest absolute Gasteiger partial charge is 0.507 e. The highest BCUT2D eigenvalue weighted by molar-refractivity contribution is 6.33. The van der Waals surface area contributed by atoms with Gasteiger partial charge in [-0.1, -0.05) is 47.5 Å². The topological polar surface area (TPSA) is 157 Å². The van der Waals surface area contributed by atoms with Crippen molar-refractivity contribution in [2.75, 3.05) is 47.4 Å². The predicted molar refractivity (Wildman–Crippen MR) is 229 cm³/mol. The zero-order chi connectivity index (χ0) is 40.7. The first-order valence-electron chi connectivity index (χ1n) is 18.7. The maximum absolute atomic E-state index is 13.1. The van der Waals surface area contributed by atoms with E-state index < -0.39 is 23.6 Å². The third-order valence-corrected chi connectivity index (χ3v) is 11.7.